The lowest BCUT2D eigenvalue weighted by Gasteiger charge is -2.25. The van der Waals surface area contributed by atoms with Gasteiger partial charge in [-0.2, -0.15) is 0 Å². The molecular formula is C20H23N3O. The number of amides is 1. The number of fused-ring (bicyclic) bond motifs is 1. The van der Waals surface area contributed by atoms with Gasteiger partial charge in [0, 0.05) is 24.4 Å². The molecule has 0 spiro atoms. The van der Waals surface area contributed by atoms with Crippen LogP contribution in [0, 0.1) is 0 Å². The molecule has 1 heterocycles. The van der Waals surface area contributed by atoms with Crippen molar-refractivity contribution in [1.82, 2.24) is 14.8 Å². The van der Waals surface area contributed by atoms with Gasteiger partial charge in [-0.05, 0) is 31.8 Å². The Morgan fingerprint density at radius 3 is 2.42 bits per heavy atom. The largest absolute Gasteiger partial charge is 0.340 e. The number of nitrogens with zero attached hydrogens (tertiary/aromatic N) is 2. The third kappa shape index (κ3) is 3.34. The summed E-state index contributed by atoms with van der Waals surface area (Å²) in [6.45, 7) is 0. The van der Waals surface area contributed by atoms with Crippen LogP contribution in [0.2, 0.25) is 0 Å². The summed E-state index contributed by atoms with van der Waals surface area (Å²) in [5.41, 5.74) is 2.94. The molecule has 0 saturated heterocycles. The van der Waals surface area contributed by atoms with E-state index >= 15 is 0 Å². The molecule has 124 valence electrons. The van der Waals surface area contributed by atoms with Gasteiger partial charge in [-0.15, -0.1) is 0 Å². The van der Waals surface area contributed by atoms with E-state index < -0.39 is 0 Å². The first-order valence-electron chi connectivity index (χ1n) is 8.12. The molecular weight excluding hydrogens is 298 g/mol. The van der Waals surface area contributed by atoms with Gasteiger partial charge in [0.05, 0.1) is 6.17 Å². The molecule has 0 saturated carbocycles. The van der Waals surface area contributed by atoms with E-state index in [-0.39, 0.29) is 12.1 Å². The van der Waals surface area contributed by atoms with Crippen LogP contribution >= 0.6 is 0 Å². The standard InChI is InChI=1S/C20H23N3O/c1-22(2)19(13-15-9-5-4-6-10-15)21-20(24)18-14-16-11-7-8-12-17(16)23(18)3/h4-12,14,19H,13H2,1-3H3,(H,21,24)/t19-/m1/s1. The van der Waals surface area contributed by atoms with Crippen molar-refractivity contribution >= 4 is 16.8 Å². The van der Waals surface area contributed by atoms with Crippen molar-refractivity contribution in [1.29, 1.82) is 0 Å². The first-order chi connectivity index (χ1) is 11.6. The van der Waals surface area contributed by atoms with Gasteiger partial charge < -0.3 is 9.88 Å². The number of hydrogen-bond acceptors (Lipinski definition) is 2. The highest BCUT2D eigenvalue weighted by molar-refractivity contribution is 5.98. The molecule has 1 amide bonds. The van der Waals surface area contributed by atoms with Crippen LogP contribution in [-0.4, -0.2) is 35.6 Å². The topological polar surface area (TPSA) is 37.3 Å². The third-order valence-electron chi connectivity index (χ3n) is 4.38. The molecule has 0 aliphatic heterocycles. The van der Waals surface area contributed by atoms with Gasteiger partial charge >= 0.3 is 0 Å². The molecule has 0 aliphatic rings. The van der Waals surface area contributed by atoms with Crippen LogP contribution in [0.3, 0.4) is 0 Å². The Labute approximate surface area is 142 Å². The van der Waals surface area contributed by atoms with Crippen LogP contribution in [0.4, 0.5) is 0 Å². The predicted molar refractivity (Wildman–Crippen MR) is 98.0 cm³/mol. The van der Waals surface area contributed by atoms with E-state index in [1.807, 2.05) is 79.1 Å². The number of likely N-dealkylation sites (N-methyl/N-ethyl adjacent to an activating group) is 1. The summed E-state index contributed by atoms with van der Waals surface area (Å²) >= 11 is 0. The number of carbonyl (C=O) groups is 1. The fraction of sp³-hybridized carbons (Fsp3) is 0.250. The van der Waals surface area contributed by atoms with Crippen molar-refractivity contribution in [3.05, 3.63) is 71.9 Å². The molecule has 3 rings (SSSR count). The normalized spacial score (nSPS) is 12.5. The number of nitrogens with one attached hydrogen (secondary N) is 1. The average Bonchev–Trinajstić information content (AvgIpc) is 2.92. The van der Waals surface area contributed by atoms with Crippen LogP contribution in [0.15, 0.2) is 60.7 Å². The monoisotopic (exact) mass is 321 g/mol. The van der Waals surface area contributed by atoms with E-state index in [1.54, 1.807) is 0 Å². The van der Waals surface area contributed by atoms with Crippen LogP contribution in [0.25, 0.3) is 10.9 Å². The Morgan fingerprint density at radius 1 is 1.08 bits per heavy atom. The Morgan fingerprint density at radius 2 is 1.75 bits per heavy atom. The summed E-state index contributed by atoms with van der Waals surface area (Å²) in [6.07, 6.45) is 0.710. The van der Waals surface area contributed by atoms with Crippen molar-refractivity contribution in [3.8, 4) is 0 Å². The van der Waals surface area contributed by atoms with Gasteiger partial charge in [0.2, 0.25) is 0 Å². The van der Waals surface area contributed by atoms with Crippen molar-refractivity contribution in [2.75, 3.05) is 14.1 Å². The van der Waals surface area contributed by atoms with Gasteiger partial charge in [-0.25, -0.2) is 0 Å². The molecule has 4 nitrogen and oxygen atoms in total. The minimum absolute atomic E-state index is 0.0525. The summed E-state index contributed by atoms with van der Waals surface area (Å²) in [4.78, 5) is 14.8. The molecule has 0 aliphatic carbocycles. The minimum Gasteiger partial charge on any atom is -0.340 e. The Hall–Kier alpha value is -2.59. The maximum atomic E-state index is 12.8. The van der Waals surface area contributed by atoms with Crippen molar-refractivity contribution < 1.29 is 4.79 Å². The van der Waals surface area contributed by atoms with E-state index in [9.17, 15) is 4.79 Å². The van der Waals surface area contributed by atoms with E-state index in [2.05, 4.69) is 17.4 Å². The Bertz CT molecular complexity index is 836. The van der Waals surface area contributed by atoms with E-state index in [4.69, 9.17) is 0 Å². The number of hydrogen-bond donors (Lipinski definition) is 1. The zero-order valence-corrected chi connectivity index (χ0v) is 14.4. The average molecular weight is 321 g/mol. The van der Waals surface area contributed by atoms with Crippen LogP contribution in [-0.2, 0) is 13.5 Å². The highest BCUT2D eigenvalue weighted by Gasteiger charge is 2.19. The first kappa shape index (κ1) is 16.3. The lowest BCUT2D eigenvalue weighted by Crippen LogP contribution is -2.46. The van der Waals surface area contributed by atoms with Gasteiger partial charge in [0.15, 0.2) is 0 Å². The zero-order valence-electron chi connectivity index (χ0n) is 14.4. The summed E-state index contributed by atoms with van der Waals surface area (Å²) in [5.74, 6) is -0.0525. The van der Waals surface area contributed by atoms with E-state index in [0.717, 1.165) is 17.3 Å². The maximum absolute atomic E-state index is 12.8. The Kier molecular flexibility index (Phi) is 4.67. The summed E-state index contributed by atoms with van der Waals surface area (Å²) in [7, 11) is 5.89. The lowest BCUT2D eigenvalue weighted by atomic mass is 10.1. The molecule has 24 heavy (non-hydrogen) atoms. The molecule has 0 unspecified atom stereocenters. The van der Waals surface area contributed by atoms with E-state index in [0.29, 0.717) is 5.69 Å². The number of para-hydroxylation sites is 1. The molecule has 0 bridgehead atoms. The number of aryl methyl sites for hydroxylation is 1. The fourth-order valence-electron chi connectivity index (χ4n) is 2.93. The molecule has 1 aromatic heterocycles. The maximum Gasteiger partial charge on any atom is 0.269 e. The molecule has 4 heteroatoms. The highest BCUT2D eigenvalue weighted by Crippen LogP contribution is 2.18. The summed E-state index contributed by atoms with van der Waals surface area (Å²) < 4.78 is 1.94. The fourth-order valence-corrected chi connectivity index (χ4v) is 2.93. The number of rotatable bonds is 5. The van der Waals surface area contributed by atoms with E-state index in [1.165, 1.54) is 5.56 Å². The Balaban J connectivity index is 1.81. The van der Waals surface area contributed by atoms with Crippen molar-refractivity contribution in [2.45, 2.75) is 12.6 Å². The molecule has 1 N–H and O–H groups in total. The minimum atomic E-state index is -0.0575. The van der Waals surface area contributed by atoms with Crippen LogP contribution in [0.5, 0.6) is 0 Å². The first-order valence-corrected chi connectivity index (χ1v) is 8.12. The second-order valence-corrected chi connectivity index (χ2v) is 6.29. The highest BCUT2D eigenvalue weighted by atomic mass is 16.2. The second-order valence-electron chi connectivity index (χ2n) is 6.29. The van der Waals surface area contributed by atoms with Crippen LogP contribution in [0.1, 0.15) is 16.1 Å². The molecule has 2 aromatic carbocycles. The zero-order chi connectivity index (χ0) is 17.1. The number of carbonyl (C=O) groups excluding carboxylic acids is 1. The van der Waals surface area contributed by atoms with Crippen LogP contribution < -0.4 is 5.32 Å². The molecule has 0 fully saturated rings. The summed E-state index contributed by atoms with van der Waals surface area (Å²) in [5, 5.41) is 4.23. The second kappa shape index (κ2) is 6.89. The van der Waals surface area contributed by atoms with Gasteiger partial charge in [0.25, 0.3) is 5.91 Å². The molecule has 1 atom stereocenters. The molecule has 0 radical (unpaired) electrons. The summed E-state index contributed by atoms with van der Waals surface area (Å²) in [6, 6.07) is 20.2. The van der Waals surface area contributed by atoms with Gasteiger partial charge in [0.1, 0.15) is 5.69 Å². The number of benzene rings is 2. The molecule has 3 aromatic rings. The third-order valence-corrected chi connectivity index (χ3v) is 4.38. The number of aromatic nitrogens is 1. The smallest absolute Gasteiger partial charge is 0.269 e. The lowest BCUT2D eigenvalue weighted by molar-refractivity contribution is 0.0882. The quantitative estimate of drug-likeness (QED) is 0.734. The van der Waals surface area contributed by atoms with Crippen molar-refractivity contribution in [3.63, 3.8) is 0 Å². The van der Waals surface area contributed by atoms with Gasteiger partial charge in [-0.3, -0.25) is 9.69 Å². The predicted octanol–water partition coefficient (Wildman–Crippen LogP) is 3.04. The van der Waals surface area contributed by atoms with Gasteiger partial charge in [-0.1, -0.05) is 48.5 Å². The SMILES string of the molecule is CN(C)[C@H](Cc1ccccc1)NC(=O)c1cc2ccccc2n1C. The van der Waals surface area contributed by atoms with Crippen molar-refractivity contribution in [2.24, 2.45) is 7.05 Å².